The maximum absolute atomic E-state index is 5.41. The van der Waals surface area contributed by atoms with E-state index in [0.717, 1.165) is 13.1 Å². The summed E-state index contributed by atoms with van der Waals surface area (Å²) in [5.41, 5.74) is 2.60. The van der Waals surface area contributed by atoms with Gasteiger partial charge >= 0.3 is 0 Å². The monoisotopic (exact) mass is 260 g/mol. The van der Waals surface area contributed by atoms with Crippen molar-refractivity contribution in [2.75, 3.05) is 7.11 Å². The number of nitrogens with one attached hydrogen (secondary N) is 1. The Labute approximate surface area is 115 Å². The van der Waals surface area contributed by atoms with E-state index in [4.69, 9.17) is 4.74 Å². The Morgan fingerprint density at radius 1 is 1.21 bits per heavy atom. The first kappa shape index (κ1) is 14.1. The first-order chi connectivity index (χ1) is 9.11. The number of ether oxygens (including phenoxy) is 1. The van der Waals surface area contributed by atoms with Crippen LogP contribution in [0.3, 0.4) is 0 Å². The first-order valence-corrected chi connectivity index (χ1v) is 6.95. The van der Waals surface area contributed by atoms with E-state index in [-0.39, 0.29) is 6.10 Å². The van der Waals surface area contributed by atoms with Crippen molar-refractivity contribution in [2.24, 2.45) is 0 Å². The highest BCUT2D eigenvalue weighted by Crippen LogP contribution is 2.20. The highest BCUT2D eigenvalue weighted by Gasteiger charge is 2.11. The van der Waals surface area contributed by atoms with Crippen molar-refractivity contribution >= 4 is 10.9 Å². The van der Waals surface area contributed by atoms with E-state index in [1.807, 2.05) is 0 Å². The third-order valence-electron chi connectivity index (χ3n) is 3.43. The van der Waals surface area contributed by atoms with Gasteiger partial charge in [0.25, 0.3) is 0 Å². The van der Waals surface area contributed by atoms with Gasteiger partial charge in [-0.3, -0.25) is 0 Å². The molecule has 1 atom stereocenters. The summed E-state index contributed by atoms with van der Waals surface area (Å²) in [7, 11) is 1.77. The van der Waals surface area contributed by atoms with E-state index >= 15 is 0 Å². The van der Waals surface area contributed by atoms with Crippen molar-refractivity contribution in [2.45, 2.75) is 46.0 Å². The number of rotatable bonds is 6. The fourth-order valence-electron chi connectivity index (χ4n) is 2.27. The Bertz CT molecular complexity index is 531. The van der Waals surface area contributed by atoms with E-state index in [9.17, 15) is 0 Å². The van der Waals surface area contributed by atoms with Gasteiger partial charge in [0.2, 0.25) is 0 Å². The number of para-hydroxylation sites is 1. The molecular weight excluding hydrogens is 236 g/mol. The summed E-state index contributed by atoms with van der Waals surface area (Å²) in [6.45, 7) is 8.23. The van der Waals surface area contributed by atoms with Gasteiger partial charge in [-0.2, -0.15) is 0 Å². The summed E-state index contributed by atoms with van der Waals surface area (Å²) in [6.07, 6.45) is 0.216. The zero-order valence-electron chi connectivity index (χ0n) is 12.3. The number of hydrogen-bond donors (Lipinski definition) is 1. The average Bonchev–Trinajstić information content (AvgIpc) is 2.74. The molecule has 1 aromatic heterocycles. The zero-order valence-corrected chi connectivity index (χ0v) is 12.3. The molecule has 1 heterocycles. The highest BCUT2D eigenvalue weighted by atomic mass is 16.5. The SMILES string of the molecule is COC(C)Cn1c(CNC(C)C)cc2ccccc21. The Kier molecular flexibility index (Phi) is 4.61. The van der Waals surface area contributed by atoms with Crippen LogP contribution in [0.25, 0.3) is 10.9 Å². The van der Waals surface area contributed by atoms with E-state index in [1.165, 1.54) is 16.6 Å². The summed E-state index contributed by atoms with van der Waals surface area (Å²) in [5, 5.41) is 4.79. The molecule has 3 nitrogen and oxygen atoms in total. The number of hydrogen-bond acceptors (Lipinski definition) is 2. The molecule has 0 bridgehead atoms. The molecule has 0 radical (unpaired) electrons. The smallest absolute Gasteiger partial charge is 0.0722 e. The minimum atomic E-state index is 0.216. The van der Waals surface area contributed by atoms with Crippen molar-refractivity contribution in [1.29, 1.82) is 0 Å². The molecule has 0 saturated carbocycles. The molecule has 0 aliphatic heterocycles. The van der Waals surface area contributed by atoms with Gasteiger partial charge in [0.05, 0.1) is 6.10 Å². The zero-order chi connectivity index (χ0) is 13.8. The molecule has 1 unspecified atom stereocenters. The fourth-order valence-corrected chi connectivity index (χ4v) is 2.27. The lowest BCUT2D eigenvalue weighted by Gasteiger charge is -2.16. The third-order valence-corrected chi connectivity index (χ3v) is 3.43. The number of nitrogens with zero attached hydrogens (tertiary/aromatic N) is 1. The number of methoxy groups -OCH3 is 1. The predicted molar refractivity (Wildman–Crippen MR) is 80.4 cm³/mol. The van der Waals surface area contributed by atoms with Crippen molar-refractivity contribution in [3.63, 3.8) is 0 Å². The number of aromatic nitrogens is 1. The van der Waals surface area contributed by atoms with Gasteiger partial charge in [-0.05, 0) is 24.4 Å². The molecule has 2 aromatic rings. The molecule has 3 heteroatoms. The van der Waals surface area contributed by atoms with E-state index in [1.54, 1.807) is 7.11 Å². The second-order valence-corrected chi connectivity index (χ2v) is 5.39. The lowest BCUT2D eigenvalue weighted by atomic mass is 10.2. The minimum absolute atomic E-state index is 0.216. The van der Waals surface area contributed by atoms with Gasteiger partial charge in [-0.25, -0.2) is 0 Å². The van der Waals surface area contributed by atoms with Crippen LogP contribution >= 0.6 is 0 Å². The molecular formula is C16H24N2O. The normalized spacial score (nSPS) is 13.3. The maximum Gasteiger partial charge on any atom is 0.0722 e. The third kappa shape index (κ3) is 3.37. The summed E-state index contributed by atoms with van der Waals surface area (Å²) < 4.78 is 7.77. The van der Waals surface area contributed by atoms with E-state index in [2.05, 4.69) is 61.0 Å². The van der Waals surface area contributed by atoms with Gasteiger partial charge in [-0.15, -0.1) is 0 Å². The van der Waals surface area contributed by atoms with Gasteiger partial charge in [0.1, 0.15) is 0 Å². The molecule has 1 N–H and O–H groups in total. The highest BCUT2D eigenvalue weighted by molar-refractivity contribution is 5.81. The standard InChI is InChI=1S/C16H24N2O/c1-12(2)17-10-15-9-14-7-5-6-8-16(14)18(15)11-13(3)19-4/h5-9,12-13,17H,10-11H2,1-4H3. The second kappa shape index (κ2) is 6.22. The Hall–Kier alpha value is -1.32. The van der Waals surface area contributed by atoms with Crippen molar-refractivity contribution in [3.8, 4) is 0 Å². The minimum Gasteiger partial charge on any atom is -0.380 e. The van der Waals surface area contributed by atoms with Crippen molar-refractivity contribution < 1.29 is 4.74 Å². The van der Waals surface area contributed by atoms with Gasteiger partial charge in [0.15, 0.2) is 0 Å². The lowest BCUT2D eigenvalue weighted by molar-refractivity contribution is 0.103. The fraction of sp³-hybridized carbons (Fsp3) is 0.500. The molecule has 0 aliphatic carbocycles. The van der Waals surface area contributed by atoms with Gasteiger partial charge in [0, 0.05) is 37.5 Å². The largest absolute Gasteiger partial charge is 0.380 e. The lowest BCUT2D eigenvalue weighted by Crippen LogP contribution is -2.25. The van der Waals surface area contributed by atoms with Crippen molar-refractivity contribution in [1.82, 2.24) is 9.88 Å². The van der Waals surface area contributed by atoms with Crippen LogP contribution in [-0.4, -0.2) is 23.8 Å². The molecule has 0 aliphatic rings. The topological polar surface area (TPSA) is 26.2 Å². The van der Waals surface area contributed by atoms with Crippen LogP contribution in [0.4, 0.5) is 0 Å². The number of fused-ring (bicyclic) bond motifs is 1. The summed E-state index contributed by atoms with van der Waals surface area (Å²) in [4.78, 5) is 0. The molecule has 0 saturated heterocycles. The second-order valence-electron chi connectivity index (χ2n) is 5.39. The average molecular weight is 260 g/mol. The van der Waals surface area contributed by atoms with Gasteiger partial charge in [-0.1, -0.05) is 32.0 Å². The molecule has 0 fully saturated rings. The van der Waals surface area contributed by atoms with E-state index < -0.39 is 0 Å². The predicted octanol–water partition coefficient (Wildman–Crippen LogP) is 3.17. The van der Waals surface area contributed by atoms with Crippen LogP contribution in [-0.2, 0) is 17.8 Å². The van der Waals surface area contributed by atoms with Crippen LogP contribution in [0.15, 0.2) is 30.3 Å². The van der Waals surface area contributed by atoms with Crippen LogP contribution in [0.5, 0.6) is 0 Å². The van der Waals surface area contributed by atoms with Crippen LogP contribution in [0.1, 0.15) is 26.5 Å². The van der Waals surface area contributed by atoms with E-state index in [0.29, 0.717) is 6.04 Å². The van der Waals surface area contributed by atoms with Crippen LogP contribution in [0.2, 0.25) is 0 Å². The maximum atomic E-state index is 5.41. The van der Waals surface area contributed by atoms with Crippen molar-refractivity contribution in [3.05, 3.63) is 36.0 Å². The first-order valence-electron chi connectivity index (χ1n) is 6.95. The number of benzene rings is 1. The molecule has 1 aromatic carbocycles. The molecule has 0 spiro atoms. The summed E-state index contributed by atoms with van der Waals surface area (Å²) >= 11 is 0. The molecule has 104 valence electrons. The summed E-state index contributed by atoms with van der Waals surface area (Å²) in [5.74, 6) is 0. The van der Waals surface area contributed by atoms with Gasteiger partial charge < -0.3 is 14.6 Å². The van der Waals surface area contributed by atoms with Crippen LogP contribution < -0.4 is 5.32 Å². The Morgan fingerprint density at radius 2 is 1.95 bits per heavy atom. The summed E-state index contributed by atoms with van der Waals surface area (Å²) in [6, 6.07) is 11.3. The molecule has 0 amide bonds. The molecule has 2 rings (SSSR count). The Balaban J connectivity index is 2.34. The molecule has 19 heavy (non-hydrogen) atoms. The quantitative estimate of drug-likeness (QED) is 0.863. The Morgan fingerprint density at radius 3 is 2.63 bits per heavy atom. The van der Waals surface area contributed by atoms with Crippen LogP contribution in [0, 0.1) is 0 Å².